The fourth-order valence-electron chi connectivity index (χ4n) is 4.17. The molecule has 1 aliphatic heterocycles. The Morgan fingerprint density at radius 2 is 2.05 bits per heavy atom. The van der Waals surface area contributed by atoms with Gasteiger partial charge in [-0.25, -0.2) is 0 Å². The number of hydrogen-bond acceptors (Lipinski definition) is 3. The quantitative estimate of drug-likeness (QED) is 0.858. The second kappa shape index (κ2) is 6.76. The van der Waals surface area contributed by atoms with Crippen molar-refractivity contribution in [1.82, 2.24) is 10.2 Å². The topological polar surface area (TPSA) is 24.5 Å². The van der Waals surface area contributed by atoms with Crippen molar-refractivity contribution in [1.29, 1.82) is 0 Å². The van der Waals surface area contributed by atoms with E-state index in [1.54, 1.807) is 0 Å². The Kier molecular flexibility index (Phi) is 5.49. The Balaban J connectivity index is 2.01. The van der Waals surface area contributed by atoms with E-state index < -0.39 is 0 Å². The van der Waals surface area contributed by atoms with Crippen LogP contribution in [0.2, 0.25) is 0 Å². The smallest absolute Gasteiger partial charge is 0.0674 e. The fraction of sp³-hybridized carbons (Fsp3) is 1.00. The van der Waals surface area contributed by atoms with Gasteiger partial charge in [-0.15, -0.1) is 0 Å². The van der Waals surface area contributed by atoms with Gasteiger partial charge in [0.1, 0.15) is 0 Å². The van der Waals surface area contributed by atoms with Gasteiger partial charge < -0.3 is 10.1 Å². The molecule has 4 atom stereocenters. The molecule has 0 aromatic rings. The van der Waals surface area contributed by atoms with Gasteiger partial charge in [0.05, 0.1) is 12.7 Å². The molecule has 4 unspecified atom stereocenters. The number of nitrogens with one attached hydrogen (secondary N) is 1. The number of nitrogens with zero attached hydrogens (tertiary/aromatic N) is 1. The van der Waals surface area contributed by atoms with Crippen molar-refractivity contribution in [3.8, 4) is 0 Å². The van der Waals surface area contributed by atoms with E-state index in [-0.39, 0.29) is 0 Å². The van der Waals surface area contributed by atoms with E-state index in [0.29, 0.717) is 23.6 Å². The molecule has 118 valence electrons. The molecular weight excluding hydrogens is 248 g/mol. The minimum absolute atomic E-state index is 0.389. The Morgan fingerprint density at radius 1 is 1.30 bits per heavy atom. The van der Waals surface area contributed by atoms with Gasteiger partial charge in [-0.05, 0) is 44.6 Å². The van der Waals surface area contributed by atoms with Crippen LogP contribution < -0.4 is 5.32 Å². The molecule has 0 aromatic carbocycles. The molecule has 1 aliphatic carbocycles. The second-order valence-electron chi connectivity index (χ2n) is 7.62. The van der Waals surface area contributed by atoms with Crippen LogP contribution in [0, 0.1) is 11.3 Å². The first-order valence-electron chi connectivity index (χ1n) is 8.53. The molecule has 2 aliphatic rings. The van der Waals surface area contributed by atoms with Crippen molar-refractivity contribution in [3.63, 3.8) is 0 Å². The molecule has 0 radical (unpaired) electrons. The Labute approximate surface area is 125 Å². The zero-order chi connectivity index (χ0) is 14.8. The highest BCUT2D eigenvalue weighted by Crippen LogP contribution is 2.39. The normalized spacial score (nSPS) is 38.9. The molecule has 1 heterocycles. The van der Waals surface area contributed by atoms with Crippen LogP contribution in [0.15, 0.2) is 0 Å². The summed E-state index contributed by atoms with van der Waals surface area (Å²) in [4.78, 5) is 2.66. The average Bonchev–Trinajstić information content (AvgIpc) is 2.38. The zero-order valence-corrected chi connectivity index (χ0v) is 14.1. The third-order valence-corrected chi connectivity index (χ3v) is 5.34. The highest BCUT2D eigenvalue weighted by atomic mass is 16.5. The molecule has 2 fully saturated rings. The molecule has 2 rings (SSSR count). The van der Waals surface area contributed by atoms with E-state index in [0.717, 1.165) is 25.6 Å². The van der Waals surface area contributed by atoms with Crippen LogP contribution in [0.4, 0.5) is 0 Å². The third-order valence-electron chi connectivity index (χ3n) is 5.34. The highest BCUT2D eigenvalue weighted by Gasteiger charge is 2.39. The van der Waals surface area contributed by atoms with Gasteiger partial charge in [-0.2, -0.15) is 0 Å². The van der Waals surface area contributed by atoms with E-state index in [2.05, 4.69) is 44.8 Å². The third kappa shape index (κ3) is 3.75. The lowest BCUT2D eigenvalue weighted by atomic mass is 9.67. The second-order valence-corrected chi connectivity index (χ2v) is 7.62. The Morgan fingerprint density at radius 3 is 2.75 bits per heavy atom. The zero-order valence-electron chi connectivity index (χ0n) is 14.1. The number of hydrogen-bond donors (Lipinski definition) is 1. The summed E-state index contributed by atoms with van der Waals surface area (Å²) in [5.41, 5.74) is 0.431. The maximum atomic E-state index is 5.77. The summed E-state index contributed by atoms with van der Waals surface area (Å²) >= 11 is 0. The van der Waals surface area contributed by atoms with Crippen molar-refractivity contribution in [2.45, 2.75) is 72.1 Å². The summed E-state index contributed by atoms with van der Waals surface area (Å²) < 4.78 is 5.77. The maximum absolute atomic E-state index is 5.77. The molecule has 0 amide bonds. The van der Waals surface area contributed by atoms with Gasteiger partial charge in [0, 0.05) is 25.2 Å². The van der Waals surface area contributed by atoms with E-state index in [4.69, 9.17) is 4.74 Å². The van der Waals surface area contributed by atoms with Crippen LogP contribution in [0.5, 0.6) is 0 Å². The monoisotopic (exact) mass is 282 g/mol. The average molecular weight is 282 g/mol. The predicted molar refractivity (Wildman–Crippen MR) is 85.0 cm³/mol. The van der Waals surface area contributed by atoms with E-state index >= 15 is 0 Å². The maximum Gasteiger partial charge on any atom is 0.0674 e. The molecule has 20 heavy (non-hydrogen) atoms. The molecule has 1 saturated heterocycles. The van der Waals surface area contributed by atoms with Gasteiger partial charge in [0.25, 0.3) is 0 Å². The molecule has 0 aromatic heterocycles. The Hall–Kier alpha value is -0.120. The Bertz CT molecular complexity index is 305. The van der Waals surface area contributed by atoms with Crippen LogP contribution in [0.25, 0.3) is 0 Å². The summed E-state index contributed by atoms with van der Waals surface area (Å²) in [5.74, 6) is 0.784. The van der Waals surface area contributed by atoms with Gasteiger partial charge in [0.15, 0.2) is 0 Å². The lowest BCUT2D eigenvalue weighted by molar-refractivity contribution is -0.0613. The number of morpholine rings is 1. The van der Waals surface area contributed by atoms with Crippen molar-refractivity contribution >= 4 is 0 Å². The van der Waals surface area contributed by atoms with Crippen molar-refractivity contribution in [2.24, 2.45) is 11.3 Å². The molecule has 0 spiro atoms. The molecule has 3 nitrogen and oxygen atoms in total. The predicted octanol–water partition coefficient (Wildman–Crippen LogP) is 2.90. The largest absolute Gasteiger partial charge is 0.376 e. The van der Waals surface area contributed by atoms with Crippen molar-refractivity contribution in [2.75, 3.05) is 26.2 Å². The van der Waals surface area contributed by atoms with Crippen molar-refractivity contribution in [3.05, 3.63) is 0 Å². The van der Waals surface area contributed by atoms with Crippen LogP contribution in [-0.4, -0.2) is 49.3 Å². The van der Waals surface area contributed by atoms with Gasteiger partial charge in [0.2, 0.25) is 0 Å². The minimum atomic E-state index is 0.389. The number of ether oxygens (including phenoxy) is 1. The van der Waals surface area contributed by atoms with E-state index in [1.807, 2.05) is 0 Å². The van der Waals surface area contributed by atoms with Crippen molar-refractivity contribution < 1.29 is 4.74 Å². The minimum Gasteiger partial charge on any atom is -0.376 e. The lowest BCUT2D eigenvalue weighted by Crippen LogP contribution is -2.56. The first-order valence-corrected chi connectivity index (χ1v) is 8.53. The lowest BCUT2D eigenvalue weighted by Gasteiger charge is -2.48. The summed E-state index contributed by atoms with van der Waals surface area (Å²) in [7, 11) is 0. The van der Waals surface area contributed by atoms with E-state index in [9.17, 15) is 0 Å². The first-order chi connectivity index (χ1) is 9.44. The fourth-order valence-corrected chi connectivity index (χ4v) is 4.17. The molecule has 3 heteroatoms. The molecular formula is C17H34N2O. The molecule has 1 N–H and O–H groups in total. The van der Waals surface area contributed by atoms with Crippen LogP contribution in [0.1, 0.15) is 53.9 Å². The van der Waals surface area contributed by atoms with Crippen LogP contribution >= 0.6 is 0 Å². The summed E-state index contributed by atoms with van der Waals surface area (Å²) in [6.07, 6.45) is 4.50. The standard InChI is InChI=1S/C17H34N2O/c1-6-18-16-15(8-7-9-17(16,4)5)11-19-10-14(3)20-12-13(19)2/h13-16,18H,6-12H2,1-5H3. The van der Waals surface area contributed by atoms with E-state index in [1.165, 1.54) is 25.8 Å². The molecule has 1 saturated carbocycles. The first kappa shape index (κ1) is 16.3. The van der Waals surface area contributed by atoms with Crippen LogP contribution in [-0.2, 0) is 4.74 Å². The summed E-state index contributed by atoms with van der Waals surface area (Å²) in [6.45, 7) is 15.9. The molecule has 0 bridgehead atoms. The summed E-state index contributed by atoms with van der Waals surface area (Å²) in [6, 6.07) is 1.23. The number of rotatable bonds is 4. The van der Waals surface area contributed by atoms with Gasteiger partial charge in [-0.1, -0.05) is 27.2 Å². The van der Waals surface area contributed by atoms with Gasteiger partial charge in [-0.3, -0.25) is 4.90 Å². The van der Waals surface area contributed by atoms with Gasteiger partial charge >= 0.3 is 0 Å². The SMILES string of the molecule is CCNC1C(CN2CC(C)OCC2C)CCCC1(C)C. The highest BCUT2D eigenvalue weighted by molar-refractivity contribution is 4.95. The van der Waals surface area contributed by atoms with Crippen LogP contribution in [0.3, 0.4) is 0 Å². The summed E-state index contributed by atoms with van der Waals surface area (Å²) in [5, 5.41) is 3.78.